The molecule has 1 unspecified atom stereocenters. The molecule has 4 rings (SSSR count). The molecular weight excluding hydrogens is 630 g/mol. The van der Waals surface area contributed by atoms with Gasteiger partial charge in [-0.25, -0.2) is 9.59 Å². The zero-order chi connectivity index (χ0) is 36.5. The largest absolute Gasteiger partial charge is 0.459 e. The van der Waals surface area contributed by atoms with Crippen molar-refractivity contribution in [2.45, 2.75) is 136 Å². The average Bonchev–Trinajstić information content (AvgIpc) is 2.96. The quantitative estimate of drug-likeness (QED) is 0.125. The van der Waals surface area contributed by atoms with Gasteiger partial charge in [-0.3, -0.25) is 9.59 Å². The summed E-state index contributed by atoms with van der Waals surface area (Å²) in [6.07, 6.45) is -10.6. The van der Waals surface area contributed by atoms with Gasteiger partial charge in [-0.15, -0.1) is 0 Å². The summed E-state index contributed by atoms with van der Waals surface area (Å²) in [4.78, 5) is 53.1. The third kappa shape index (κ3) is 6.06. The number of carbonyl (C=O) groups is 4. The van der Waals surface area contributed by atoms with Crippen molar-refractivity contribution in [1.82, 2.24) is 5.32 Å². The summed E-state index contributed by atoms with van der Waals surface area (Å²) in [5.41, 5.74) is -7.60. The number of ether oxygens (including phenoxy) is 4. The van der Waals surface area contributed by atoms with Gasteiger partial charge >= 0.3 is 18.0 Å². The first-order valence-electron chi connectivity index (χ1n) is 16.5. The second-order valence-electron chi connectivity index (χ2n) is 16.4. The lowest BCUT2D eigenvalue weighted by molar-refractivity contribution is -0.345. The van der Waals surface area contributed by atoms with E-state index in [2.05, 4.69) is 5.32 Å². The molecule has 14 nitrogen and oxygen atoms in total. The summed E-state index contributed by atoms with van der Waals surface area (Å²) >= 11 is 0. The first-order valence-corrected chi connectivity index (χ1v) is 16.5. The topological polar surface area (TPSA) is 218 Å². The highest BCUT2D eigenvalue weighted by molar-refractivity contribution is 5.93. The van der Waals surface area contributed by atoms with Gasteiger partial charge in [-0.05, 0) is 36.3 Å². The minimum absolute atomic E-state index is 0.0131. The number of carbonyl (C=O) groups excluding carboxylic acids is 4. The predicted molar refractivity (Wildman–Crippen MR) is 168 cm³/mol. The maximum Gasteiger partial charge on any atom is 0.407 e. The highest BCUT2D eigenvalue weighted by Gasteiger charge is 2.76. The number of hydrogen-bond acceptors (Lipinski definition) is 13. The van der Waals surface area contributed by atoms with Crippen LogP contribution in [0, 0.1) is 28.1 Å². The lowest BCUT2D eigenvalue weighted by Gasteiger charge is -2.66. The number of fused-ring (bicyclic) bond motifs is 5. The van der Waals surface area contributed by atoms with Crippen LogP contribution in [0.2, 0.25) is 0 Å². The molecule has 48 heavy (non-hydrogen) atoms. The number of aliphatic hydroxyl groups is 5. The van der Waals surface area contributed by atoms with Gasteiger partial charge in [0.25, 0.3) is 0 Å². The molecule has 0 aromatic heterocycles. The fourth-order valence-corrected chi connectivity index (χ4v) is 8.22. The summed E-state index contributed by atoms with van der Waals surface area (Å²) in [5, 5.41) is 61.6. The Labute approximate surface area is 281 Å². The van der Waals surface area contributed by atoms with Crippen molar-refractivity contribution in [2.24, 2.45) is 28.1 Å². The minimum Gasteiger partial charge on any atom is -0.459 e. The highest BCUT2D eigenvalue weighted by Crippen LogP contribution is 2.63. The number of hydrogen-bond donors (Lipinski definition) is 6. The van der Waals surface area contributed by atoms with Gasteiger partial charge in [0.1, 0.15) is 29.5 Å². The third-order valence-electron chi connectivity index (χ3n) is 11.1. The molecule has 3 aliphatic carbocycles. The van der Waals surface area contributed by atoms with Crippen LogP contribution < -0.4 is 5.32 Å². The smallest absolute Gasteiger partial charge is 0.407 e. The van der Waals surface area contributed by atoms with Crippen molar-refractivity contribution in [3.63, 3.8) is 0 Å². The Hall–Kier alpha value is -2.62. The highest BCUT2D eigenvalue weighted by atomic mass is 16.6. The van der Waals surface area contributed by atoms with E-state index in [1.807, 2.05) is 20.8 Å². The molecule has 3 fully saturated rings. The Bertz CT molecular complexity index is 1350. The minimum atomic E-state index is -2.21. The molecule has 1 aliphatic heterocycles. The van der Waals surface area contributed by atoms with E-state index >= 15 is 0 Å². The maximum atomic E-state index is 14.4. The summed E-state index contributed by atoms with van der Waals surface area (Å²) in [5.74, 6) is -4.79. The number of aliphatic hydroxyl groups excluding tert-OH is 3. The Morgan fingerprint density at radius 3 is 2.19 bits per heavy atom. The van der Waals surface area contributed by atoms with Gasteiger partial charge in [-0.2, -0.15) is 0 Å². The number of rotatable bonds is 7. The standard InChI is InChI=1S/C34H53NO13/c1-15(2)22(35-29(42)46-13-30(5,6)7)24(39)28(41)48-18-12-34(44)27(47-17(4)36)25-32(10,19(37)11-20-33(25,43)14-45-20)26(40)23(38)21(16(18)3)31(34,8)9/h15,18-20,22-25,27,37-39,43-44H,11-14H2,1-10H3,(H,35,42)/t18?,19-,20+,22-,23+,24+,25-,27-,32+,33-,34+/m0/s1. The van der Waals surface area contributed by atoms with E-state index in [0.29, 0.717) is 0 Å². The molecule has 0 aromatic rings. The molecule has 0 radical (unpaired) electrons. The van der Waals surface area contributed by atoms with Crippen molar-refractivity contribution >= 4 is 23.8 Å². The lowest BCUT2D eigenvalue weighted by atomic mass is 9.45. The summed E-state index contributed by atoms with van der Waals surface area (Å²) < 4.78 is 22.4. The van der Waals surface area contributed by atoms with Crippen LogP contribution in [0.5, 0.6) is 0 Å². The second-order valence-corrected chi connectivity index (χ2v) is 16.4. The number of ketones is 1. The molecule has 1 amide bonds. The first kappa shape index (κ1) is 38.2. The molecule has 272 valence electrons. The average molecular weight is 684 g/mol. The van der Waals surface area contributed by atoms with Gasteiger partial charge in [-0.1, -0.05) is 48.5 Å². The normalized spacial score (nSPS) is 38.7. The fraction of sp³-hybridized carbons (Fsp3) is 0.824. The lowest BCUT2D eigenvalue weighted by Crippen LogP contribution is -2.81. The van der Waals surface area contributed by atoms with Crippen LogP contribution in [0.4, 0.5) is 4.79 Å². The van der Waals surface area contributed by atoms with Crippen LogP contribution in [0.1, 0.15) is 82.1 Å². The first-order chi connectivity index (χ1) is 21.8. The number of Topliss-reactive ketones (excluding diaryl/α,β-unsaturated/α-hetero) is 1. The molecule has 1 heterocycles. The monoisotopic (exact) mass is 683 g/mol. The molecule has 11 atom stereocenters. The van der Waals surface area contributed by atoms with E-state index < -0.39 is 107 Å². The SMILES string of the molecule is CC(=O)O[C@H]1[C@@H]2[C@]3(O)CO[C@@H]3C[C@H](O)[C@@]2(C)C(=O)[C@H](O)C2=C(C)C(OC(=O)[C@H](O)[C@@H](NC(=O)OCC(C)(C)C)C(C)C)C[C@]1(O)C2(C)C. The van der Waals surface area contributed by atoms with Gasteiger partial charge in [0.15, 0.2) is 11.9 Å². The predicted octanol–water partition coefficient (Wildman–Crippen LogP) is 0.926. The molecule has 2 bridgehead atoms. The molecule has 1 saturated heterocycles. The number of amides is 1. The van der Waals surface area contributed by atoms with Crippen molar-refractivity contribution in [2.75, 3.05) is 13.2 Å². The summed E-state index contributed by atoms with van der Waals surface area (Å²) in [6.45, 7) is 15.8. The van der Waals surface area contributed by atoms with Gasteiger partial charge < -0.3 is 49.8 Å². The molecular formula is C34H53NO13. The van der Waals surface area contributed by atoms with E-state index in [0.717, 1.165) is 6.92 Å². The van der Waals surface area contributed by atoms with Crippen LogP contribution in [-0.4, -0.2) is 116 Å². The van der Waals surface area contributed by atoms with E-state index in [1.54, 1.807) is 27.7 Å². The summed E-state index contributed by atoms with van der Waals surface area (Å²) in [7, 11) is 0. The molecule has 14 heteroatoms. The molecule has 0 aromatic carbocycles. The number of alkyl carbamates (subject to hydrolysis) is 1. The Kier molecular flexibility index (Phi) is 10.0. The molecule has 4 aliphatic rings. The van der Waals surface area contributed by atoms with E-state index in [-0.39, 0.29) is 36.2 Å². The Balaban J connectivity index is 1.77. The molecule has 2 saturated carbocycles. The third-order valence-corrected chi connectivity index (χ3v) is 11.1. The van der Waals surface area contributed by atoms with Crippen LogP contribution in [-0.2, 0) is 33.3 Å². The van der Waals surface area contributed by atoms with E-state index in [1.165, 1.54) is 13.8 Å². The van der Waals surface area contributed by atoms with Crippen molar-refractivity contribution in [3.8, 4) is 0 Å². The van der Waals surface area contributed by atoms with Crippen LogP contribution in [0.15, 0.2) is 11.1 Å². The fourth-order valence-electron chi connectivity index (χ4n) is 8.22. The zero-order valence-electron chi connectivity index (χ0n) is 29.5. The van der Waals surface area contributed by atoms with Crippen LogP contribution in [0.25, 0.3) is 0 Å². The zero-order valence-corrected chi connectivity index (χ0v) is 29.5. The Morgan fingerprint density at radius 1 is 1.08 bits per heavy atom. The van der Waals surface area contributed by atoms with Gasteiger partial charge in [0.2, 0.25) is 0 Å². The maximum absolute atomic E-state index is 14.4. The van der Waals surface area contributed by atoms with Crippen LogP contribution >= 0.6 is 0 Å². The van der Waals surface area contributed by atoms with E-state index in [9.17, 15) is 44.7 Å². The Morgan fingerprint density at radius 2 is 1.69 bits per heavy atom. The van der Waals surface area contributed by atoms with Crippen LogP contribution in [0.3, 0.4) is 0 Å². The van der Waals surface area contributed by atoms with Gasteiger partial charge in [0.05, 0.1) is 36.9 Å². The van der Waals surface area contributed by atoms with Gasteiger partial charge in [0, 0.05) is 31.1 Å². The molecule has 6 N–H and O–H groups in total. The summed E-state index contributed by atoms with van der Waals surface area (Å²) in [6, 6.07) is -1.14. The van der Waals surface area contributed by atoms with Crippen molar-refractivity contribution < 1.29 is 63.7 Å². The van der Waals surface area contributed by atoms with Crippen molar-refractivity contribution in [3.05, 3.63) is 11.1 Å². The number of nitrogens with one attached hydrogen (secondary N) is 1. The number of esters is 2. The molecule has 0 spiro atoms. The van der Waals surface area contributed by atoms with Crippen molar-refractivity contribution in [1.29, 1.82) is 0 Å². The van der Waals surface area contributed by atoms with E-state index in [4.69, 9.17) is 18.9 Å². The second kappa shape index (κ2) is 12.6.